The maximum absolute atomic E-state index is 12.8. The Balaban J connectivity index is 2.49. The molecule has 14 heteroatoms. The monoisotopic (exact) mass is 887 g/mol. The quantitative estimate of drug-likeness (QED) is 0.0148. The van der Waals surface area contributed by atoms with E-state index in [0.717, 1.165) is 83.5 Å². The Labute approximate surface area is 367 Å². The predicted molar refractivity (Wildman–Crippen MR) is 239 cm³/mol. The summed E-state index contributed by atoms with van der Waals surface area (Å²) < 4.78 is 33.5. The molecule has 13 nitrogen and oxygen atoms in total. The SMILES string of the molecule is CCCCC/C=C/C/C=C/C/C=C/CCCCCCC(=O)O[C@H](COC(=O)CCCCCCC/C=C/CCCCCCCC)COP(=O)(O)OC1C(O)C(O)C(O)[C@H](O)C1O. The Morgan fingerprint density at radius 3 is 1.39 bits per heavy atom. The molecule has 0 aromatic heterocycles. The van der Waals surface area contributed by atoms with E-state index < -0.39 is 75.7 Å². The fourth-order valence-electron chi connectivity index (χ4n) is 6.82. The van der Waals surface area contributed by atoms with Gasteiger partial charge in [-0.3, -0.25) is 18.6 Å². The van der Waals surface area contributed by atoms with Crippen LogP contribution in [-0.4, -0.2) is 98.3 Å². The molecule has 1 aliphatic rings. The van der Waals surface area contributed by atoms with Crippen molar-refractivity contribution in [2.45, 2.75) is 224 Å². The van der Waals surface area contributed by atoms with E-state index in [1.165, 1.54) is 57.8 Å². The number of aliphatic hydroxyl groups is 5. The van der Waals surface area contributed by atoms with Crippen molar-refractivity contribution in [2.75, 3.05) is 13.2 Å². The Hall–Kier alpha value is -2.19. The lowest BCUT2D eigenvalue weighted by Gasteiger charge is -2.41. The summed E-state index contributed by atoms with van der Waals surface area (Å²) in [4.78, 5) is 35.7. The Morgan fingerprint density at radius 2 is 0.885 bits per heavy atom. The van der Waals surface area contributed by atoms with Crippen LogP contribution in [0.2, 0.25) is 0 Å². The molecule has 0 aromatic rings. The number of ether oxygens (including phenoxy) is 2. The molecule has 8 atom stereocenters. The van der Waals surface area contributed by atoms with Crippen molar-refractivity contribution < 1.29 is 63.1 Å². The van der Waals surface area contributed by atoms with Crippen LogP contribution in [0.15, 0.2) is 48.6 Å². The van der Waals surface area contributed by atoms with Crippen LogP contribution in [0.5, 0.6) is 0 Å². The molecule has 0 aromatic carbocycles. The molecular weight excluding hydrogens is 803 g/mol. The first-order valence-corrected chi connectivity index (χ1v) is 24.9. The summed E-state index contributed by atoms with van der Waals surface area (Å²) in [6.45, 7) is 3.24. The summed E-state index contributed by atoms with van der Waals surface area (Å²) in [5.41, 5.74) is 0. The highest BCUT2D eigenvalue weighted by Gasteiger charge is 2.51. The number of unbranched alkanes of at least 4 members (excludes halogenated alkanes) is 18. The molecule has 0 radical (unpaired) electrons. The molecular formula is C47H83O13P. The van der Waals surface area contributed by atoms with Crippen LogP contribution >= 0.6 is 7.82 Å². The Bertz CT molecular complexity index is 1250. The van der Waals surface area contributed by atoms with Gasteiger partial charge in [0.2, 0.25) is 0 Å². The van der Waals surface area contributed by atoms with E-state index in [4.69, 9.17) is 18.5 Å². The van der Waals surface area contributed by atoms with E-state index in [1.807, 2.05) is 0 Å². The third-order valence-electron chi connectivity index (χ3n) is 10.6. The first-order chi connectivity index (χ1) is 29.4. The molecule has 6 N–H and O–H groups in total. The van der Waals surface area contributed by atoms with Gasteiger partial charge in [-0.15, -0.1) is 0 Å². The van der Waals surface area contributed by atoms with Crippen molar-refractivity contribution in [3.63, 3.8) is 0 Å². The summed E-state index contributed by atoms with van der Waals surface area (Å²) in [6.07, 6.45) is 30.2. The van der Waals surface area contributed by atoms with Gasteiger partial charge in [0.25, 0.3) is 0 Å². The van der Waals surface area contributed by atoms with E-state index in [9.17, 15) is 44.6 Å². The average Bonchev–Trinajstić information content (AvgIpc) is 3.24. The van der Waals surface area contributed by atoms with Gasteiger partial charge in [0.15, 0.2) is 6.10 Å². The summed E-state index contributed by atoms with van der Waals surface area (Å²) in [7, 11) is -5.13. The Morgan fingerprint density at radius 1 is 0.508 bits per heavy atom. The van der Waals surface area contributed by atoms with Crippen LogP contribution in [0.25, 0.3) is 0 Å². The van der Waals surface area contributed by atoms with Crippen LogP contribution in [0, 0.1) is 0 Å². The third-order valence-corrected chi connectivity index (χ3v) is 11.6. The van der Waals surface area contributed by atoms with Crippen molar-refractivity contribution >= 4 is 19.8 Å². The molecule has 1 saturated carbocycles. The minimum Gasteiger partial charge on any atom is -0.462 e. The van der Waals surface area contributed by atoms with E-state index in [2.05, 4.69) is 62.5 Å². The highest BCUT2D eigenvalue weighted by Crippen LogP contribution is 2.47. The molecule has 0 aliphatic heterocycles. The van der Waals surface area contributed by atoms with Crippen molar-refractivity contribution in [3.05, 3.63) is 48.6 Å². The average molecular weight is 887 g/mol. The second-order valence-electron chi connectivity index (χ2n) is 16.3. The van der Waals surface area contributed by atoms with Gasteiger partial charge < -0.3 is 39.9 Å². The van der Waals surface area contributed by atoms with Crippen molar-refractivity contribution in [3.8, 4) is 0 Å². The third kappa shape index (κ3) is 29.7. The van der Waals surface area contributed by atoms with Gasteiger partial charge in [0, 0.05) is 12.8 Å². The molecule has 6 unspecified atom stereocenters. The van der Waals surface area contributed by atoms with Crippen LogP contribution in [-0.2, 0) is 32.7 Å². The van der Waals surface area contributed by atoms with E-state index in [-0.39, 0.29) is 12.8 Å². The fourth-order valence-corrected chi connectivity index (χ4v) is 7.79. The van der Waals surface area contributed by atoms with Crippen LogP contribution in [0.3, 0.4) is 0 Å². The van der Waals surface area contributed by atoms with Crippen molar-refractivity contribution in [1.29, 1.82) is 0 Å². The molecule has 1 rings (SSSR count). The van der Waals surface area contributed by atoms with E-state index in [1.54, 1.807) is 0 Å². The first-order valence-electron chi connectivity index (χ1n) is 23.4. The second-order valence-corrected chi connectivity index (χ2v) is 17.7. The second kappa shape index (κ2) is 37.2. The number of esters is 2. The minimum atomic E-state index is -5.13. The minimum absolute atomic E-state index is 0.0683. The molecule has 1 fully saturated rings. The van der Waals surface area contributed by atoms with E-state index >= 15 is 0 Å². The molecule has 0 heterocycles. The van der Waals surface area contributed by atoms with E-state index in [0.29, 0.717) is 12.8 Å². The highest BCUT2D eigenvalue weighted by atomic mass is 31.2. The lowest BCUT2D eigenvalue weighted by Crippen LogP contribution is -2.64. The number of allylic oxidation sites excluding steroid dienone is 8. The zero-order valence-corrected chi connectivity index (χ0v) is 38.3. The smallest absolute Gasteiger partial charge is 0.462 e. The number of aliphatic hydroxyl groups excluding tert-OH is 5. The molecule has 0 amide bonds. The predicted octanol–water partition coefficient (Wildman–Crippen LogP) is 9.17. The number of phosphoric ester groups is 1. The van der Waals surface area contributed by atoms with Crippen molar-refractivity contribution in [2.24, 2.45) is 0 Å². The first kappa shape index (κ1) is 56.8. The number of rotatable bonds is 38. The zero-order valence-electron chi connectivity index (χ0n) is 37.4. The van der Waals surface area contributed by atoms with Gasteiger partial charge >= 0.3 is 19.8 Å². The normalized spacial score (nSPS) is 22.4. The van der Waals surface area contributed by atoms with Gasteiger partial charge in [-0.1, -0.05) is 140 Å². The Kier molecular flexibility index (Phi) is 34.7. The van der Waals surface area contributed by atoms with Crippen molar-refractivity contribution in [1.82, 2.24) is 0 Å². The zero-order chi connectivity index (χ0) is 45.0. The largest absolute Gasteiger partial charge is 0.472 e. The maximum atomic E-state index is 12.8. The summed E-state index contributed by atoms with van der Waals surface area (Å²) >= 11 is 0. The van der Waals surface area contributed by atoms with Crippen LogP contribution < -0.4 is 0 Å². The summed E-state index contributed by atoms with van der Waals surface area (Å²) in [5.74, 6) is -1.14. The van der Waals surface area contributed by atoms with Gasteiger partial charge in [0.1, 0.15) is 43.2 Å². The lowest BCUT2D eigenvalue weighted by molar-refractivity contribution is -0.220. The molecule has 1 aliphatic carbocycles. The lowest BCUT2D eigenvalue weighted by atomic mass is 9.85. The van der Waals surface area contributed by atoms with Crippen LogP contribution in [0.1, 0.15) is 181 Å². The summed E-state index contributed by atoms with van der Waals surface area (Å²) in [5, 5.41) is 50.1. The standard InChI is InChI=1S/C47H83O13P/c1-3-5-7-9-11-13-15-17-19-20-22-24-26-28-30-32-34-36-41(49)59-39(38-58-61(55,56)60-47-45(53)43(51)42(50)44(52)46(47)54)37-57-40(48)35-33-31-29-27-25-23-21-18-16-14-12-10-8-6-4-2/h11,13,17-19,21-22,24,39,42-47,50-54H,3-10,12,14-16,20,23,25-38H2,1-2H3,(H,55,56)/b13-11+,19-17+,21-18+,24-22+/t39-,42?,43+,44?,45?,46?,47?/m1/s1. The van der Waals surface area contributed by atoms with Gasteiger partial charge in [0.05, 0.1) is 6.61 Å². The number of hydrogen-bond donors (Lipinski definition) is 6. The van der Waals surface area contributed by atoms with Gasteiger partial charge in [-0.25, -0.2) is 4.57 Å². The maximum Gasteiger partial charge on any atom is 0.472 e. The molecule has 0 spiro atoms. The fraction of sp³-hybridized carbons (Fsp3) is 0.787. The molecule has 61 heavy (non-hydrogen) atoms. The molecule has 0 saturated heterocycles. The number of carbonyl (C=O) groups excluding carboxylic acids is 2. The number of carbonyl (C=O) groups is 2. The van der Waals surface area contributed by atoms with Gasteiger partial charge in [-0.05, 0) is 77.0 Å². The number of hydrogen-bond acceptors (Lipinski definition) is 12. The molecule has 354 valence electrons. The highest BCUT2D eigenvalue weighted by molar-refractivity contribution is 7.47. The topological polar surface area (TPSA) is 210 Å². The number of phosphoric acid groups is 1. The van der Waals surface area contributed by atoms with Crippen LogP contribution in [0.4, 0.5) is 0 Å². The molecule has 0 bridgehead atoms. The summed E-state index contributed by atoms with van der Waals surface area (Å²) in [6, 6.07) is 0. The van der Waals surface area contributed by atoms with Gasteiger partial charge in [-0.2, -0.15) is 0 Å².